The van der Waals surface area contributed by atoms with Crippen molar-refractivity contribution in [3.8, 4) is 6.07 Å². The normalized spacial score (nSPS) is 12.2. The molecule has 16 heavy (non-hydrogen) atoms. The van der Waals surface area contributed by atoms with Gasteiger partial charge in [-0.1, -0.05) is 11.6 Å². The van der Waals surface area contributed by atoms with Crippen molar-refractivity contribution >= 4 is 21.4 Å². The molecule has 0 unspecified atom stereocenters. The molecule has 0 atom stereocenters. The highest BCUT2D eigenvalue weighted by atomic mass is 35.5. The Balaban J connectivity index is 3.52. The van der Waals surface area contributed by atoms with Gasteiger partial charge in [0.25, 0.3) is 0 Å². The quantitative estimate of drug-likeness (QED) is 0.822. The minimum atomic E-state index is -4.06. The zero-order valence-electron chi connectivity index (χ0n) is 8.66. The van der Waals surface area contributed by atoms with E-state index in [0.717, 1.165) is 12.1 Å². The first-order valence-corrected chi connectivity index (χ1v) is 6.19. The average molecular weight is 262 g/mol. The number of nitriles is 1. The van der Waals surface area contributed by atoms with Crippen LogP contribution in [0.25, 0.3) is 0 Å². The first-order valence-electron chi connectivity index (χ1n) is 4.33. The van der Waals surface area contributed by atoms with Gasteiger partial charge in [-0.15, -0.1) is 0 Å². The predicted octanol–water partition coefficient (Wildman–Crippen LogP) is 2.55. The summed E-state index contributed by atoms with van der Waals surface area (Å²) in [4.78, 5) is -0.549. The van der Waals surface area contributed by atoms with E-state index in [0.29, 0.717) is 0 Å². The molecule has 0 saturated heterocycles. The van der Waals surface area contributed by atoms with E-state index in [-0.39, 0.29) is 5.02 Å². The molecule has 0 amide bonds. The molecular formula is C10H9ClFNO2S. The molecule has 0 radical (unpaired) electrons. The molecule has 3 nitrogen and oxygen atoms in total. The molecule has 1 aromatic rings. The lowest BCUT2D eigenvalue weighted by Gasteiger charge is -2.16. The third-order valence-corrected chi connectivity index (χ3v) is 4.69. The van der Waals surface area contributed by atoms with E-state index in [4.69, 9.17) is 16.9 Å². The lowest BCUT2D eigenvalue weighted by Crippen LogP contribution is -2.30. The Morgan fingerprint density at radius 1 is 1.44 bits per heavy atom. The summed E-state index contributed by atoms with van der Waals surface area (Å²) in [5, 5.41) is 8.87. The van der Waals surface area contributed by atoms with Crippen LogP contribution >= 0.6 is 11.6 Å². The first kappa shape index (κ1) is 12.9. The van der Waals surface area contributed by atoms with E-state index in [1.165, 1.54) is 19.9 Å². The molecule has 0 spiro atoms. The van der Waals surface area contributed by atoms with Gasteiger partial charge in [0.1, 0.15) is 10.7 Å². The summed E-state index contributed by atoms with van der Waals surface area (Å²) in [6.07, 6.45) is 0. The molecule has 1 aromatic carbocycles. The number of rotatable bonds is 2. The Morgan fingerprint density at radius 2 is 2.00 bits per heavy atom. The zero-order valence-corrected chi connectivity index (χ0v) is 10.2. The fourth-order valence-electron chi connectivity index (χ4n) is 1.02. The van der Waals surface area contributed by atoms with E-state index < -0.39 is 25.3 Å². The SMILES string of the molecule is CC(C)(C#N)S(=O)(=O)c1cc(Cl)ccc1F. The standard InChI is InChI=1S/C10H9ClFNO2S/c1-10(2,6-13)16(14,15)9-5-7(11)3-4-8(9)12/h3-5H,1-2H3. The summed E-state index contributed by atoms with van der Waals surface area (Å²) in [6, 6.07) is 4.84. The van der Waals surface area contributed by atoms with Crippen LogP contribution < -0.4 is 0 Å². The van der Waals surface area contributed by atoms with Crippen LogP contribution in [0.15, 0.2) is 23.1 Å². The van der Waals surface area contributed by atoms with E-state index >= 15 is 0 Å². The van der Waals surface area contributed by atoms with Crippen molar-refractivity contribution in [1.82, 2.24) is 0 Å². The number of halogens is 2. The Hall–Kier alpha value is -1.12. The largest absolute Gasteiger partial charge is 0.222 e. The van der Waals surface area contributed by atoms with Gasteiger partial charge in [0.05, 0.1) is 6.07 Å². The van der Waals surface area contributed by atoms with E-state index in [9.17, 15) is 12.8 Å². The van der Waals surface area contributed by atoms with Crippen molar-refractivity contribution in [1.29, 1.82) is 5.26 Å². The Morgan fingerprint density at radius 3 is 2.50 bits per heavy atom. The predicted molar refractivity (Wildman–Crippen MR) is 58.3 cm³/mol. The minimum Gasteiger partial charge on any atom is -0.222 e. The topological polar surface area (TPSA) is 57.9 Å². The van der Waals surface area contributed by atoms with Gasteiger partial charge in [-0.05, 0) is 32.0 Å². The molecule has 0 aromatic heterocycles. The number of benzene rings is 1. The molecule has 0 aliphatic carbocycles. The van der Waals surface area contributed by atoms with Crippen LogP contribution in [0.1, 0.15) is 13.8 Å². The highest BCUT2D eigenvalue weighted by Crippen LogP contribution is 2.28. The van der Waals surface area contributed by atoms with Gasteiger partial charge in [-0.2, -0.15) is 5.26 Å². The molecule has 86 valence electrons. The minimum absolute atomic E-state index is 0.105. The van der Waals surface area contributed by atoms with Gasteiger partial charge >= 0.3 is 0 Å². The number of hydrogen-bond donors (Lipinski definition) is 0. The second-order valence-electron chi connectivity index (χ2n) is 3.70. The van der Waals surface area contributed by atoms with Crippen LogP contribution in [0, 0.1) is 17.1 Å². The third kappa shape index (κ3) is 2.04. The van der Waals surface area contributed by atoms with E-state index in [2.05, 4.69) is 0 Å². The van der Waals surface area contributed by atoms with Crippen LogP contribution in [0.5, 0.6) is 0 Å². The Kier molecular flexibility index (Phi) is 3.27. The summed E-state index contributed by atoms with van der Waals surface area (Å²) in [7, 11) is -4.06. The number of hydrogen-bond acceptors (Lipinski definition) is 3. The van der Waals surface area contributed by atoms with Gasteiger partial charge in [-0.3, -0.25) is 0 Å². The summed E-state index contributed by atoms with van der Waals surface area (Å²) < 4.78 is 35.6. The van der Waals surface area contributed by atoms with Crippen molar-refractivity contribution < 1.29 is 12.8 Å². The lowest BCUT2D eigenvalue weighted by atomic mass is 10.2. The zero-order chi connectivity index (χ0) is 12.6. The van der Waals surface area contributed by atoms with Crippen molar-refractivity contribution in [3.05, 3.63) is 29.0 Å². The summed E-state index contributed by atoms with van der Waals surface area (Å²) in [5.41, 5.74) is 0. The molecule has 0 fully saturated rings. The van der Waals surface area contributed by atoms with Gasteiger partial charge < -0.3 is 0 Å². The molecule has 6 heteroatoms. The van der Waals surface area contributed by atoms with Gasteiger partial charge in [0, 0.05) is 5.02 Å². The molecule has 0 bridgehead atoms. The van der Waals surface area contributed by atoms with Crippen molar-refractivity contribution in [3.63, 3.8) is 0 Å². The first-order chi connectivity index (χ1) is 7.22. The van der Waals surface area contributed by atoms with Gasteiger partial charge in [0.2, 0.25) is 0 Å². The van der Waals surface area contributed by atoms with Crippen molar-refractivity contribution in [2.24, 2.45) is 0 Å². The maximum absolute atomic E-state index is 13.4. The Labute approximate surface area is 98.4 Å². The van der Waals surface area contributed by atoms with Crippen LogP contribution in [-0.2, 0) is 9.84 Å². The van der Waals surface area contributed by atoms with E-state index in [1.807, 2.05) is 0 Å². The van der Waals surface area contributed by atoms with Crippen LogP contribution in [0.4, 0.5) is 4.39 Å². The third-order valence-electron chi connectivity index (χ3n) is 2.12. The van der Waals surface area contributed by atoms with E-state index in [1.54, 1.807) is 6.07 Å². The monoisotopic (exact) mass is 261 g/mol. The number of nitrogens with zero attached hydrogens (tertiary/aromatic N) is 1. The molecule has 0 aliphatic rings. The smallest absolute Gasteiger partial charge is 0.199 e. The molecule has 0 aliphatic heterocycles. The molecule has 0 heterocycles. The van der Waals surface area contributed by atoms with Gasteiger partial charge in [0.15, 0.2) is 14.6 Å². The summed E-state index contributed by atoms with van der Waals surface area (Å²) in [5.74, 6) is -0.910. The molecule has 0 N–H and O–H groups in total. The van der Waals surface area contributed by atoms with Crippen molar-refractivity contribution in [2.45, 2.75) is 23.5 Å². The van der Waals surface area contributed by atoms with Crippen molar-refractivity contribution in [2.75, 3.05) is 0 Å². The maximum atomic E-state index is 13.4. The maximum Gasteiger partial charge on any atom is 0.199 e. The molecule has 1 rings (SSSR count). The fraction of sp³-hybridized carbons (Fsp3) is 0.300. The summed E-state index contributed by atoms with van der Waals surface area (Å²) >= 11 is 5.60. The second kappa shape index (κ2) is 4.04. The second-order valence-corrected chi connectivity index (χ2v) is 6.60. The molecular weight excluding hydrogens is 253 g/mol. The van der Waals surface area contributed by atoms with Crippen LogP contribution in [0.2, 0.25) is 5.02 Å². The van der Waals surface area contributed by atoms with Crippen LogP contribution in [0.3, 0.4) is 0 Å². The fourth-order valence-corrected chi connectivity index (χ4v) is 2.53. The average Bonchev–Trinajstić information content (AvgIpc) is 2.21. The molecule has 0 saturated carbocycles. The number of sulfone groups is 1. The summed E-state index contributed by atoms with van der Waals surface area (Å²) in [6.45, 7) is 2.42. The Bertz CT molecular complexity index is 561. The lowest BCUT2D eigenvalue weighted by molar-refractivity contribution is 0.551. The highest BCUT2D eigenvalue weighted by molar-refractivity contribution is 7.93. The van der Waals surface area contributed by atoms with Gasteiger partial charge in [-0.25, -0.2) is 12.8 Å². The van der Waals surface area contributed by atoms with Crippen LogP contribution in [-0.4, -0.2) is 13.2 Å². The highest BCUT2D eigenvalue weighted by Gasteiger charge is 2.37.